The molecular weight excluding hydrogens is 333 g/mol. The number of anilines is 1. The molecule has 0 saturated heterocycles. The van der Waals surface area contributed by atoms with Crippen molar-refractivity contribution in [3.05, 3.63) is 28.2 Å². The molecular formula is C14H18BrF3N2. The largest absolute Gasteiger partial charge is 0.416 e. The molecule has 1 saturated carbocycles. The van der Waals surface area contributed by atoms with Crippen LogP contribution in [0.2, 0.25) is 0 Å². The first-order valence-corrected chi connectivity index (χ1v) is 7.53. The Balaban J connectivity index is 1.99. The molecule has 1 aromatic carbocycles. The van der Waals surface area contributed by atoms with Gasteiger partial charge in [-0.15, -0.1) is 0 Å². The molecule has 0 amide bonds. The standard InChI is InChI=1S/C14H18BrF3N2/c15-11-7-10(14(16,17)18)5-6-13(11)20-8-9-3-1-2-4-12(9)19/h5-7,9,12,20H,1-4,8,19H2. The molecule has 0 spiro atoms. The Hall–Kier alpha value is -0.750. The van der Waals surface area contributed by atoms with Crippen molar-refractivity contribution >= 4 is 21.6 Å². The SMILES string of the molecule is NC1CCCCC1CNc1ccc(C(F)(F)F)cc1Br. The van der Waals surface area contributed by atoms with Crippen molar-refractivity contribution in [1.29, 1.82) is 0 Å². The van der Waals surface area contributed by atoms with Crippen molar-refractivity contribution in [2.24, 2.45) is 11.7 Å². The highest BCUT2D eigenvalue weighted by Gasteiger charge is 2.31. The summed E-state index contributed by atoms with van der Waals surface area (Å²) >= 11 is 3.19. The van der Waals surface area contributed by atoms with Gasteiger partial charge >= 0.3 is 6.18 Å². The molecule has 0 aliphatic heterocycles. The maximum absolute atomic E-state index is 12.6. The quantitative estimate of drug-likeness (QED) is 0.847. The Kier molecular flexibility index (Phi) is 4.96. The van der Waals surface area contributed by atoms with Crippen LogP contribution in [0.15, 0.2) is 22.7 Å². The fourth-order valence-electron chi connectivity index (χ4n) is 2.57. The van der Waals surface area contributed by atoms with Crippen LogP contribution in [0.4, 0.5) is 18.9 Å². The van der Waals surface area contributed by atoms with Crippen LogP contribution < -0.4 is 11.1 Å². The third-order valence-corrected chi connectivity index (χ3v) is 4.48. The zero-order chi connectivity index (χ0) is 14.8. The lowest BCUT2D eigenvalue weighted by Gasteiger charge is -2.29. The molecule has 3 N–H and O–H groups in total. The monoisotopic (exact) mass is 350 g/mol. The van der Waals surface area contributed by atoms with E-state index in [-0.39, 0.29) is 6.04 Å². The Labute approximate surface area is 125 Å². The van der Waals surface area contributed by atoms with Gasteiger partial charge in [0.05, 0.1) is 5.56 Å². The van der Waals surface area contributed by atoms with Crippen molar-refractivity contribution in [2.45, 2.75) is 37.9 Å². The molecule has 6 heteroatoms. The molecule has 1 aliphatic rings. The van der Waals surface area contributed by atoms with E-state index >= 15 is 0 Å². The van der Waals surface area contributed by atoms with Gasteiger partial charge in [-0.1, -0.05) is 12.8 Å². The highest BCUT2D eigenvalue weighted by Crippen LogP contribution is 2.34. The van der Waals surface area contributed by atoms with Gasteiger partial charge in [-0.3, -0.25) is 0 Å². The van der Waals surface area contributed by atoms with Crippen LogP contribution in [-0.4, -0.2) is 12.6 Å². The molecule has 2 atom stereocenters. The van der Waals surface area contributed by atoms with Crippen LogP contribution in [0.5, 0.6) is 0 Å². The van der Waals surface area contributed by atoms with Gasteiger partial charge in [0.1, 0.15) is 0 Å². The van der Waals surface area contributed by atoms with Gasteiger partial charge in [0.2, 0.25) is 0 Å². The molecule has 112 valence electrons. The van der Waals surface area contributed by atoms with Gasteiger partial charge in [0, 0.05) is 22.7 Å². The predicted molar refractivity (Wildman–Crippen MR) is 77.6 cm³/mol. The summed E-state index contributed by atoms with van der Waals surface area (Å²) in [4.78, 5) is 0. The van der Waals surface area contributed by atoms with Crippen LogP contribution in [-0.2, 0) is 6.18 Å². The topological polar surface area (TPSA) is 38.0 Å². The minimum atomic E-state index is -4.31. The fraction of sp³-hybridized carbons (Fsp3) is 0.571. The summed E-state index contributed by atoms with van der Waals surface area (Å²) < 4.78 is 38.1. The van der Waals surface area contributed by atoms with Crippen molar-refractivity contribution in [1.82, 2.24) is 0 Å². The van der Waals surface area contributed by atoms with Crippen LogP contribution in [0, 0.1) is 5.92 Å². The van der Waals surface area contributed by atoms with Crippen molar-refractivity contribution < 1.29 is 13.2 Å². The second-order valence-corrected chi connectivity index (χ2v) is 6.14. The van der Waals surface area contributed by atoms with Gasteiger partial charge < -0.3 is 11.1 Å². The average molecular weight is 351 g/mol. The van der Waals surface area contributed by atoms with E-state index in [2.05, 4.69) is 21.2 Å². The number of nitrogens with one attached hydrogen (secondary N) is 1. The number of hydrogen-bond acceptors (Lipinski definition) is 2. The Morgan fingerprint density at radius 2 is 1.95 bits per heavy atom. The summed E-state index contributed by atoms with van der Waals surface area (Å²) in [6.07, 6.45) is 0.135. The lowest BCUT2D eigenvalue weighted by Crippen LogP contribution is -2.37. The number of benzene rings is 1. The third-order valence-electron chi connectivity index (χ3n) is 3.82. The molecule has 2 nitrogen and oxygen atoms in total. The van der Waals surface area contributed by atoms with Crippen LogP contribution >= 0.6 is 15.9 Å². The van der Waals surface area contributed by atoms with Gasteiger partial charge in [-0.2, -0.15) is 13.2 Å². The predicted octanol–water partition coefficient (Wildman–Crippen LogP) is 4.40. The van der Waals surface area contributed by atoms with E-state index < -0.39 is 11.7 Å². The van der Waals surface area contributed by atoms with Crippen molar-refractivity contribution in [3.63, 3.8) is 0 Å². The summed E-state index contributed by atoms with van der Waals surface area (Å²) in [7, 11) is 0. The summed E-state index contributed by atoms with van der Waals surface area (Å²) in [5.74, 6) is 0.387. The Morgan fingerprint density at radius 1 is 1.25 bits per heavy atom. The van der Waals surface area contributed by atoms with E-state index in [0.29, 0.717) is 22.6 Å². The summed E-state index contributed by atoms with van der Waals surface area (Å²) in [6, 6.07) is 3.84. The smallest absolute Gasteiger partial charge is 0.384 e. The minimum Gasteiger partial charge on any atom is -0.384 e. The first kappa shape index (κ1) is 15.6. The van der Waals surface area contributed by atoms with Crippen LogP contribution in [0.3, 0.4) is 0 Å². The molecule has 0 radical (unpaired) electrons. The van der Waals surface area contributed by atoms with E-state index in [4.69, 9.17) is 5.73 Å². The van der Waals surface area contributed by atoms with Crippen molar-refractivity contribution in [2.75, 3.05) is 11.9 Å². The molecule has 2 unspecified atom stereocenters. The Bertz CT molecular complexity index is 462. The molecule has 1 aromatic rings. The maximum atomic E-state index is 12.6. The molecule has 0 bridgehead atoms. The summed E-state index contributed by atoms with van der Waals surface area (Å²) in [5, 5.41) is 3.20. The number of hydrogen-bond donors (Lipinski definition) is 2. The molecule has 20 heavy (non-hydrogen) atoms. The van der Waals surface area contributed by atoms with Gasteiger partial charge in [-0.05, 0) is 52.9 Å². The first-order valence-electron chi connectivity index (χ1n) is 6.74. The van der Waals surface area contributed by atoms with Crippen LogP contribution in [0.25, 0.3) is 0 Å². The summed E-state index contributed by atoms with van der Waals surface area (Å²) in [6.45, 7) is 0.700. The van der Waals surface area contributed by atoms with Crippen LogP contribution in [0.1, 0.15) is 31.2 Å². The first-order chi connectivity index (χ1) is 9.38. The molecule has 0 aromatic heterocycles. The highest BCUT2D eigenvalue weighted by atomic mass is 79.9. The fourth-order valence-corrected chi connectivity index (χ4v) is 3.08. The second kappa shape index (κ2) is 6.35. The van der Waals surface area contributed by atoms with Crippen molar-refractivity contribution in [3.8, 4) is 0 Å². The number of alkyl halides is 3. The number of nitrogens with two attached hydrogens (primary N) is 1. The lowest BCUT2D eigenvalue weighted by molar-refractivity contribution is -0.137. The lowest BCUT2D eigenvalue weighted by atomic mass is 9.85. The highest BCUT2D eigenvalue weighted by molar-refractivity contribution is 9.10. The van der Waals surface area contributed by atoms with E-state index in [0.717, 1.165) is 25.0 Å². The number of halogens is 4. The second-order valence-electron chi connectivity index (χ2n) is 5.28. The van der Waals surface area contributed by atoms with E-state index in [1.54, 1.807) is 0 Å². The number of rotatable bonds is 3. The third kappa shape index (κ3) is 3.88. The molecule has 1 aliphatic carbocycles. The van der Waals surface area contributed by atoms with Gasteiger partial charge in [-0.25, -0.2) is 0 Å². The minimum absolute atomic E-state index is 0.185. The molecule has 0 heterocycles. The zero-order valence-corrected chi connectivity index (χ0v) is 12.6. The Morgan fingerprint density at radius 3 is 2.55 bits per heavy atom. The summed E-state index contributed by atoms with van der Waals surface area (Å²) in [5.41, 5.74) is 6.09. The normalized spacial score (nSPS) is 23.6. The van der Waals surface area contributed by atoms with E-state index in [1.807, 2.05) is 0 Å². The average Bonchev–Trinajstić information content (AvgIpc) is 2.38. The zero-order valence-electron chi connectivity index (χ0n) is 11.0. The van der Waals surface area contributed by atoms with E-state index in [9.17, 15) is 13.2 Å². The van der Waals surface area contributed by atoms with Gasteiger partial charge in [0.15, 0.2) is 0 Å². The molecule has 1 fully saturated rings. The molecule has 2 rings (SSSR count). The van der Waals surface area contributed by atoms with E-state index in [1.165, 1.54) is 18.9 Å². The maximum Gasteiger partial charge on any atom is 0.416 e. The van der Waals surface area contributed by atoms with Gasteiger partial charge in [0.25, 0.3) is 0 Å².